The number of hydrogen-bond acceptors (Lipinski definition) is 7. The molecule has 9 N–H and O–H groups in total. The lowest BCUT2D eigenvalue weighted by Crippen LogP contribution is -2.61. The molecule has 0 aliphatic rings. The normalized spacial score (nSPS) is 16.2. The molecule has 0 aliphatic heterocycles. The molecule has 11 heteroatoms. The van der Waals surface area contributed by atoms with Crippen molar-refractivity contribution in [3.8, 4) is 0 Å². The van der Waals surface area contributed by atoms with Crippen LogP contribution in [0, 0.1) is 0 Å². The molecule has 4 atom stereocenters. The topological polar surface area (TPSA) is 205 Å². The van der Waals surface area contributed by atoms with E-state index in [0.717, 1.165) is 0 Å². The van der Waals surface area contributed by atoms with Gasteiger partial charge in [-0.1, -0.05) is 0 Å². The fourth-order valence-electron chi connectivity index (χ4n) is 1.18. The van der Waals surface area contributed by atoms with Crippen molar-refractivity contribution in [3.05, 3.63) is 0 Å². The van der Waals surface area contributed by atoms with E-state index in [1.807, 2.05) is 10.6 Å². The first-order valence-corrected chi connectivity index (χ1v) is 5.79. The molecule has 0 aromatic heterocycles. The fourth-order valence-corrected chi connectivity index (χ4v) is 1.18. The summed E-state index contributed by atoms with van der Waals surface area (Å²) in [5.74, 6) is -4.93. The maximum atomic E-state index is 11.8. The number of hydrogen-bond donors (Lipinski definition) is 7. The van der Waals surface area contributed by atoms with E-state index in [-0.39, 0.29) is 0 Å². The van der Waals surface area contributed by atoms with Gasteiger partial charge in [-0.25, -0.2) is 4.79 Å². The third-order valence-corrected chi connectivity index (χ3v) is 2.40. The molecule has 0 saturated carbocycles. The second-order valence-electron chi connectivity index (χ2n) is 4.20. The zero-order valence-corrected chi connectivity index (χ0v) is 11.1. The SMILES string of the molecule is C[C@@H](N)C(=O)NC(C(=O)N[C@@H](CO)C(=O)O)[C@H](O)C(N)=O. The van der Waals surface area contributed by atoms with Gasteiger partial charge in [-0.15, -0.1) is 0 Å². The van der Waals surface area contributed by atoms with Crippen LogP contribution in [0.15, 0.2) is 0 Å². The number of nitrogens with two attached hydrogens (primary N) is 2. The first-order chi connectivity index (χ1) is 9.61. The van der Waals surface area contributed by atoms with E-state index in [1.54, 1.807) is 0 Å². The summed E-state index contributed by atoms with van der Waals surface area (Å²) in [6, 6.07) is -4.56. The molecule has 3 amide bonds. The Bertz CT molecular complexity index is 426. The summed E-state index contributed by atoms with van der Waals surface area (Å²) in [6.07, 6.45) is -2.10. The molecule has 0 aromatic rings. The predicted octanol–water partition coefficient (Wildman–Crippen LogP) is -4.77. The highest BCUT2D eigenvalue weighted by Crippen LogP contribution is 1.97. The molecule has 1 unspecified atom stereocenters. The molecule has 0 radical (unpaired) electrons. The van der Waals surface area contributed by atoms with E-state index in [1.165, 1.54) is 6.92 Å². The van der Waals surface area contributed by atoms with Crippen molar-refractivity contribution in [3.63, 3.8) is 0 Å². The van der Waals surface area contributed by atoms with Crippen molar-refractivity contribution in [1.29, 1.82) is 0 Å². The van der Waals surface area contributed by atoms with Gasteiger partial charge in [-0.05, 0) is 6.92 Å². The monoisotopic (exact) mass is 306 g/mol. The van der Waals surface area contributed by atoms with Crippen molar-refractivity contribution in [2.75, 3.05) is 6.61 Å². The first-order valence-electron chi connectivity index (χ1n) is 5.79. The van der Waals surface area contributed by atoms with Crippen molar-refractivity contribution in [2.45, 2.75) is 31.2 Å². The summed E-state index contributed by atoms with van der Waals surface area (Å²) < 4.78 is 0. The van der Waals surface area contributed by atoms with Gasteiger partial charge in [0.1, 0.15) is 12.1 Å². The van der Waals surface area contributed by atoms with Crippen LogP contribution in [0.1, 0.15) is 6.92 Å². The molecule has 0 rings (SSSR count). The third-order valence-electron chi connectivity index (χ3n) is 2.40. The maximum Gasteiger partial charge on any atom is 0.328 e. The molecule has 120 valence electrons. The van der Waals surface area contributed by atoms with Gasteiger partial charge in [0.05, 0.1) is 12.6 Å². The van der Waals surface area contributed by atoms with Crippen LogP contribution in [-0.2, 0) is 19.2 Å². The van der Waals surface area contributed by atoms with Gasteiger partial charge in [0, 0.05) is 0 Å². The Balaban J connectivity index is 5.11. The Morgan fingerprint density at radius 3 is 2.00 bits per heavy atom. The van der Waals surface area contributed by atoms with Gasteiger partial charge in [0.25, 0.3) is 0 Å². The average Bonchev–Trinajstić information content (AvgIpc) is 2.39. The molecule has 0 saturated heterocycles. The van der Waals surface area contributed by atoms with E-state index in [0.29, 0.717) is 0 Å². The van der Waals surface area contributed by atoms with Gasteiger partial charge in [-0.2, -0.15) is 0 Å². The molecule has 0 spiro atoms. The number of rotatable bonds is 8. The molecule has 0 heterocycles. The molecule has 0 bridgehead atoms. The minimum atomic E-state index is -2.10. The number of carbonyl (C=O) groups is 4. The molecule has 0 fully saturated rings. The average molecular weight is 306 g/mol. The second kappa shape index (κ2) is 8.14. The highest BCUT2D eigenvalue weighted by atomic mass is 16.4. The number of primary amides is 1. The molecule has 21 heavy (non-hydrogen) atoms. The van der Waals surface area contributed by atoms with Crippen molar-refractivity contribution in [1.82, 2.24) is 10.6 Å². The van der Waals surface area contributed by atoms with Crippen molar-refractivity contribution < 1.29 is 34.5 Å². The minimum absolute atomic E-state index is 0.869. The summed E-state index contributed by atoms with van der Waals surface area (Å²) in [5, 5.41) is 30.8. The number of amides is 3. The van der Waals surface area contributed by atoms with Crippen LogP contribution in [0.3, 0.4) is 0 Å². The Morgan fingerprint density at radius 1 is 1.14 bits per heavy atom. The van der Waals surface area contributed by atoms with Crippen LogP contribution in [0.4, 0.5) is 0 Å². The predicted molar refractivity (Wildman–Crippen MR) is 67.4 cm³/mol. The van der Waals surface area contributed by atoms with E-state index in [2.05, 4.69) is 0 Å². The molecular weight excluding hydrogens is 288 g/mol. The van der Waals surface area contributed by atoms with Gasteiger partial charge < -0.3 is 37.4 Å². The maximum absolute atomic E-state index is 11.8. The molecular formula is C10H18N4O7. The lowest BCUT2D eigenvalue weighted by molar-refractivity contribution is -0.144. The van der Waals surface area contributed by atoms with Gasteiger partial charge in [-0.3, -0.25) is 14.4 Å². The Kier molecular flexibility index (Phi) is 7.27. The summed E-state index contributed by atoms with van der Waals surface area (Å²) in [5.41, 5.74) is 10.1. The number of aliphatic hydroxyl groups excluding tert-OH is 2. The van der Waals surface area contributed by atoms with E-state index in [4.69, 9.17) is 21.7 Å². The van der Waals surface area contributed by atoms with Crippen LogP contribution in [-0.4, -0.2) is 69.8 Å². The highest BCUT2D eigenvalue weighted by Gasteiger charge is 2.34. The van der Waals surface area contributed by atoms with Crippen LogP contribution in [0.25, 0.3) is 0 Å². The fraction of sp³-hybridized carbons (Fsp3) is 0.600. The zero-order chi connectivity index (χ0) is 16.7. The number of aliphatic hydroxyl groups is 2. The smallest absolute Gasteiger partial charge is 0.328 e. The summed E-state index contributed by atoms with van der Waals surface area (Å²) in [6.45, 7) is 0.358. The Morgan fingerprint density at radius 2 is 1.67 bits per heavy atom. The van der Waals surface area contributed by atoms with Gasteiger partial charge in [0.2, 0.25) is 17.7 Å². The molecule has 0 aliphatic carbocycles. The lowest BCUT2D eigenvalue weighted by atomic mass is 10.1. The van der Waals surface area contributed by atoms with Crippen molar-refractivity contribution in [2.24, 2.45) is 11.5 Å². The number of carboxylic acids is 1. The molecule has 0 aromatic carbocycles. The standard InChI is InChI=1S/C10H18N4O7/c1-3(11)8(18)14-5(6(16)7(12)17)9(19)13-4(2-15)10(20)21/h3-6,15-16H,2,11H2,1H3,(H2,12,17)(H,13,19)(H,14,18)(H,20,21)/t3-,4+,5?,6+/m1/s1. The first kappa shape index (κ1) is 18.8. The highest BCUT2D eigenvalue weighted by molar-refractivity contribution is 5.96. The van der Waals surface area contributed by atoms with E-state index < -0.39 is 54.5 Å². The van der Waals surface area contributed by atoms with E-state index >= 15 is 0 Å². The number of carboxylic acid groups (broad SMARTS) is 1. The zero-order valence-electron chi connectivity index (χ0n) is 11.1. The van der Waals surface area contributed by atoms with Crippen LogP contribution < -0.4 is 22.1 Å². The number of carbonyl (C=O) groups excluding carboxylic acids is 3. The van der Waals surface area contributed by atoms with Crippen molar-refractivity contribution >= 4 is 23.7 Å². The quantitative estimate of drug-likeness (QED) is 0.231. The Hall–Kier alpha value is -2.24. The van der Waals surface area contributed by atoms with Crippen LogP contribution in [0.5, 0.6) is 0 Å². The summed E-state index contributed by atoms with van der Waals surface area (Å²) in [7, 11) is 0. The number of aliphatic carboxylic acids is 1. The largest absolute Gasteiger partial charge is 0.480 e. The summed E-state index contributed by atoms with van der Waals surface area (Å²) in [4.78, 5) is 44.9. The van der Waals surface area contributed by atoms with E-state index in [9.17, 15) is 24.3 Å². The third kappa shape index (κ3) is 5.72. The Labute approximate surface area is 119 Å². The number of nitrogens with one attached hydrogen (secondary N) is 2. The van der Waals surface area contributed by atoms with Crippen LogP contribution >= 0.6 is 0 Å². The van der Waals surface area contributed by atoms with Gasteiger partial charge in [0.15, 0.2) is 6.10 Å². The second-order valence-corrected chi connectivity index (χ2v) is 4.20. The lowest BCUT2D eigenvalue weighted by Gasteiger charge is -2.23. The summed E-state index contributed by atoms with van der Waals surface area (Å²) >= 11 is 0. The minimum Gasteiger partial charge on any atom is -0.480 e. The molecule has 11 nitrogen and oxygen atoms in total. The van der Waals surface area contributed by atoms with Crippen LogP contribution in [0.2, 0.25) is 0 Å². The van der Waals surface area contributed by atoms with Gasteiger partial charge >= 0.3 is 5.97 Å².